The predicted molar refractivity (Wildman–Crippen MR) is 92.7 cm³/mol. The van der Waals surface area contributed by atoms with Crippen LogP contribution in [0.4, 0.5) is 0 Å². The minimum absolute atomic E-state index is 0.0963. The molecule has 2 aromatic rings. The largest absolute Gasteiger partial charge is 0.466 e. The molecule has 2 atom stereocenters. The fraction of sp³-hybridized carbons (Fsp3) is 0.350. The molecule has 2 rings (SSSR count). The smallest absolute Gasteiger partial charge is 0.308 e. The molecule has 0 saturated carbocycles. The first kappa shape index (κ1) is 17.2. The lowest BCUT2D eigenvalue weighted by atomic mass is 9.95. The van der Waals surface area contributed by atoms with Gasteiger partial charge in [-0.25, -0.2) is 0 Å². The van der Waals surface area contributed by atoms with Gasteiger partial charge < -0.3 is 10.5 Å². The van der Waals surface area contributed by atoms with Gasteiger partial charge in [-0.1, -0.05) is 61.5 Å². The van der Waals surface area contributed by atoms with E-state index in [0.717, 1.165) is 12.8 Å². The summed E-state index contributed by atoms with van der Waals surface area (Å²) in [5.74, 6) is -0.221. The van der Waals surface area contributed by atoms with E-state index in [1.54, 1.807) is 0 Å². The van der Waals surface area contributed by atoms with Gasteiger partial charge in [0.05, 0.1) is 18.6 Å². The number of ether oxygens (including phenoxy) is 1. The third-order valence-electron chi connectivity index (χ3n) is 3.96. The highest BCUT2D eigenvalue weighted by atomic mass is 16.5. The van der Waals surface area contributed by atoms with Crippen molar-refractivity contribution in [3.63, 3.8) is 0 Å². The van der Waals surface area contributed by atoms with Crippen LogP contribution < -0.4 is 5.73 Å². The van der Waals surface area contributed by atoms with E-state index < -0.39 is 0 Å². The molecule has 0 aliphatic carbocycles. The Hall–Kier alpha value is -2.13. The highest BCUT2D eigenvalue weighted by molar-refractivity contribution is 5.72. The highest BCUT2D eigenvalue weighted by Crippen LogP contribution is 2.20. The Morgan fingerprint density at radius 3 is 2.26 bits per heavy atom. The number of carbonyl (C=O) groups excluding carboxylic acids is 1. The minimum atomic E-state index is -0.124. The lowest BCUT2D eigenvalue weighted by Gasteiger charge is -2.14. The number of carbonyl (C=O) groups is 1. The molecule has 23 heavy (non-hydrogen) atoms. The lowest BCUT2D eigenvalue weighted by molar-refractivity contribution is -0.422. The van der Waals surface area contributed by atoms with E-state index in [1.165, 1.54) is 16.7 Å². The first-order valence-corrected chi connectivity index (χ1v) is 8.24. The van der Waals surface area contributed by atoms with Crippen molar-refractivity contribution in [1.82, 2.24) is 0 Å². The van der Waals surface area contributed by atoms with Crippen LogP contribution in [0.1, 0.15) is 25.8 Å². The van der Waals surface area contributed by atoms with Crippen LogP contribution in [0, 0.1) is 5.92 Å². The van der Waals surface area contributed by atoms with Gasteiger partial charge in [0, 0.05) is 12.8 Å². The highest BCUT2D eigenvalue weighted by Gasteiger charge is 2.19. The normalized spacial score (nSPS) is 13.3. The summed E-state index contributed by atoms with van der Waals surface area (Å²) in [7, 11) is 0. The predicted octanol–water partition coefficient (Wildman–Crippen LogP) is 3.10. The van der Waals surface area contributed by atoms with Gasteiger partial charge in [-0.15, -0.1) is 0 Å². The van der Waals surface area contributed by atoms with Crippen LogP contribution in [0.3, 0.4) is 0 Å². The first-order valence-electron chi connectivity index (χ1n) is 8.24. The summed E-state index contributed by atoms with van der Waals surface area (Å²) in [6.45, 7) is 4.18. The lowest BCUT2D eigenvalue weighted by Crippen LogP contribution is -2.62. The zero-order valence-electron chi connectivity index (χ0n) is 14.0. The molecule has 0 radical (unpaired) electrons. The van der Waals surface area contributed by atoms with Crippen molar-refractivity contribution >= 4 is 5.97 Å². The van der Waals surface area contributed by atoms with E-state index in [-0.39, 0.29) is 17.9 Å². The number of esters is 1. The van der Waals surface area contributed by atoms with Gasteiger partial charge in [0.1, 0.15) is 0 Å². The second-order valence-electron chi connectivity index (χ2n) is 6.02. The molecular formula is C20H26NO2+. The van der Waals surface area contributed by atoms with Gasteiger partial charge >= 0.3 is 5.97 Å². The van der Waals surface area contributed by atoms with Gasteiger partial charge in [0.25, 0.3) is 0 Å². The molecule has 0 bridgehead atoms. The number of rotatable bonds is 7. The summed E-state index contributed by atoms with van der Waals surface area (Å²) in [5, 5.41) is 0. The summed E-state index contributed by atoms with van der Waals surface area (Å²) in [4.78, 5) is 11.7. The van der Waals surface area contributed by atoms with E-state index >= 15 is 0 Å². The maximum Gasteiger partial charge on any atom is 0.308 e. The summed E-state index contributed by atoms with van der Waals surface area (Å²) in [6.07, 6.45) is 1.62. The average Bonchev–Trinajstić information content (AvgIpc) is 2.56. The van der Waals surface area contributed by atoms with Crippen molar-refractivity contribution in [2.24, 2.45) is 5.92 Å². The van der Waals surface area contributed by atoms with Crippen LogP contribution in [0.25, 0.3) is 11.1 Å². The fourth-order valence-electron chi connectivity index (χ4n) is 2.76. The molecule has 0 aliphatic heterocycles. The van der Waals surface area contributed by atoms with Crippen LogP contribution in [-0.4, -0.2) is 18.6 Å². The molecule has 122 valence electrons. The molecule has 3 nitrogen and oxygen atoms in total. The average molecular weight is 312 g/mol. The number of hydrogen-bond donors (Lipinski definition) is 1. The SMILES string of the molecule is CCOC(=O)C(C)CC([NH3+])Cc1ccc(-c2ccccc2)cc1. The van der Waals surface area contributed by atoms with Crippen molar-refractivity contribution in [3.8, 4) is 11.1 Å². The Balaban J connectivity index is 1.92. The van der Waals surface area contributed by atoms with Crippen molar-refractivity contribution in [3.05, 3.63) is 60.2 Å². The molecule has 0 heterocycles. The Morgan fingerprint density at radius 2 is 1.65 bits per heavy atom. The Labute approximate surface area is 138 Å². The van der Waals surface area contributed by atoms with Crippen LogP contribution in [-0.2, 0) is 16.0 Å². The molecular weight excluding hydrogens is 286 g/mol. The standard InChI is InChI=1S/C20H25NO2/c1-3-23-20(22)15(2)13-19(21)14-16-9-11-18(12-10-16)17-7-5-4-6-8-17/h4-12,15,19H,3,13-14,21H2,1-2H3/p+1. The van der Waals surface area contributed by atoms with Gasteiger partial charge in [-0.05, 0) is 23.6 Å². The van der Waals surface area contributed by atoms with Crippen molar-refractivity contribution in [1.29, 1.82) is 0 Å². The summed E-state index contributed by atoms with van der Waals surface area (Å²) < 4.78 is 5.05. The van der Waals surface area contributed by atoms with E-state index in [1.807, 2.05) is 32.0 Å². The second-order valence-corrected chi connectivity index (χ2v) is 6.02. The molecule has 2 aromatic carbocycles. The van der Waals surface area contributed by atoms with Crippen molar-refractivity contribution in [2.45, 2.75) is 32.7 Å². The van der Waals surface area contributed by atoms with Crippen LogP contribution in [0.2, 0.25) is 0 Å². The second kappa shape index (κ2) is 8.49. The number of benzene rings is 2. The molecule has 3 N–H and O–H groups in total. The van der Waals surface area contributed by atoms with E-state index in [4.69, 9.17) is 4.74 Å². The zero-order valence-corrected chi connectivity index (χ0v) is 14.0. The van der Waals surface area contributed by atoms with Crippen LogP contribution in [0.15, 0.2) is 54.6 Å². The molecule has 0 aromatic heterocycles. The molecule has 0 aliphatic rings. The monoisotopic (exact) mass is 312 g/mol. The Bertz CT molecular complexity index is 607. The molecule has 0 spiro atoms. The van der Waals surface area contributed by atoms with E-state index in [0.29, 0.717) is 6.61 Å². The summed E-state index contributed by atoms with van der Waals surface area (Å²) in [5.41, 5.74) is 7.88. The number of quaternary nitrogens is 1. The number of hydrogen-bond acceptors (Lipinski definition) is 2. The zero-order chi connectivity index (χ0) is 16.7. The summed E-state index contributed by atoms with van der Waals surface area (Å²) in [6, 6.07) is 19.1. The third kappa shape index (κ3) is 5.22. The first-order chi connectivity index (χ1) is 11.1. The van der Waals surface area contributed by atoms with E-state index in [2.05, 4.69) is 42.1 Å². The molecule has 0 saturated heterocycles. The summed E-state index contributed by atoms with van der Waals surface area (Å²) >= 11 is 0. The maximum absolute atomic E-state index is 11.7. The van der Waals surface area contributed by atoms with Crippen LogP contribution >= 0.6 is 0 Å². The molecule has 0 fully saturated rings. The van der Waals surface area contributed by atoms with Crippen molar-refractivity contribution < 1.29 is 15.3 Å². The Morgan fingerprint density at radius 1 is 1.04 bits per heavy atom. The Kier molecular flexibility index (Phi) is 6.36. The van der Waals surface area contributed by atoms with Crippen molar-refractivity contribution in [2.75, 3.05) is 6.61 Å². The van der Waals surface area contributed by atoms with Gasteiger partial charge in [-0.3, -0.25) is 4.79 Å². The topological polar surface area (TPSA) is 53.9 Å². The molecule has 2 unspecified atom stereocenters. The van der Waals surface area contributed by atoms with Gasteiger partial charge in [0.15, 0.2) is 0 Å². The maximum atomic E-state index is 11.7. The minimum Gasteiger partial charge on any atom is -0.466 e. The third-order valence-corrected chi connectivity index (χ3v) is 3.96. The van der Waals surface area contributed by atoms with Gasteiger partial charge in [0.2, 0.25) is 0 Å². The van der Waals surface area contributed by atoms with Crippen LogP contribution in [0.5, 0.6) is 0 Å². The van der Waals surface area contributed by atoms with E-state index in [9.17, 15) is 4.79 Å². The molecule has 0 amide bonds. The quantitative estimate of drug-likeness (QED) is 0.799. The molecule has 3 heteroatoms. The fourth-order valence-corrected chi connectivity index (χ4v) is 2.76. The van der Waals surface area contributed by atoms with Gasteiger partial charge in [-0.2, -0.15) is 0 Å².